The zero-order valence-electron chi connectivity index (χ0n) is 10.8. The molecule has 112 valence electrons. The highest BCUT2D eigenvalue weighted by molar-refractivity contribution is 9.10. The van der Waals surface area contributed by atoms with E-state index in [1.54, 1.807) is 6.07 Å². The Morgan fingerprint density at radius 2 is 1.90 bits per heavy atom. The minimum atomic E-state index is -4.39. The predicted molar refractivity (Wildman–Crippen MR) is 73.4 cm³/mol. The van der Waals surface area contributed by atoms with Crippen LogP contribution in [0.3, 0.4) is 0 Å². The van der Waals surface area contributed by atoms with Gasteiger partial charge < -0.3 is 10.4 Å². The summed E-state index contributed by atoms with van der Waals surface area (Å²) in [6.07, 6.45) is -4.39. The van der Waals surface area contributed by atoms with Gasteiger partial charge in [-0.15, -0.1) is 0 Å². The molecule has 7 heteroatoms. The van der Waals surface area contributed by atoms with Gasteiger partial charge in [0.1, 0.15) is 0 Å². The van der Waals surface area contributed by atoms with Crippen LogP contribution in [0, 0.1) is 0 Å². The van der Waals surface area contributed by atoms with Crippen LogP contribution in [0.2, 0.25) is 0 Å². The molecule has 3 nitrogen and oxygen atoms in total. The highest BCUT2D eigenvalue weighted by atomic mass is 79.9. The van der Waals surface area contributed by atoms with Gasteiger partial charge in [-0.3, -0.25) is 4.90 Å². The van der Waals surface area contributed by atoms with Gasteiger partial charge in [-0.05, 0) is 23.8 Å². The second-order valence-corrected chi connectivity index (χ2v) is 5.67. The first-order valence-corrected chi connectivity index (χ1v) is 7.14. The molecular formula is C13H16BrF3N2O. The maximum atomic E-state index is 12.9. The molecule has 20 heavy (non-hydrogen) atoms. The van der Waals surface area contributed by atoms with Crippen LogP contribution in [0.4, 0.5) is 13.2 Å². The van der Waals surface area contributed by atoms with Crippen molar-refractivity contribution < 1.29 is 18.3 Å². The van der Waals surface area contributed by atoms with Crippen LogP contribution < -0.4 is 5.32 Å². The number of alkyl halides is 3. The molecule has 1 aliphatic rings. The van der Waals surface area contributed by atoms with E-state index in [2.05, 4.69) is 21.2 Å². The monoisotopic (exact) mass is 352 g/mol. The third kappa shape index (κ3) is 3.72. The number of hydrogen-bond acceptors (Lipinski definition) is 3. The van der Waals surface area contributed by atoms with E-state index in [1.807, 2.05) is 4.90 Å². The van der Waals surface area contributed by atoms with E-state index in [0.717, 1.165) is 25.2 Å². The van der Waals surface area contributed by atoms with E-state index in [-0.39, 0.29) is 6.61 Å². The molecule has 0 amide bonds. The largest absolute Gasteiger partial charge is 0.416 e. The number of rotatable bonds is 3. The van der Waals surface area contributed by atoms with Crippen LogP contribution in [0.5, 0.6) is 0 Å². The van der Waals surface area contributed by atoms with Gasteiger partial charge in [0.05, 0.1) is 18.2 Å². The Hall–Kier alpha value is -0.630. The Bertz CT molecular complexity index is 461. The minimum absolute atomic E-state index is 0.201. The van der Waals surface area contributed by atoms with Crippen molar-refractivity contribution in [3.8, 4) is 0 Å². The van der Waals surface area contributed by atoms with Crippen LogP contribution in [0.1, 0.15) is 17.2 Å². The van der Waals surface area contributed by atoms with E-state index in [0.29, 0.717) is 23.1 Å². The van der Waals surface area contributed by atoms with Crippen molar-refractivity contribution in [3.63, 3.8) is 0 Å². The Balaban J connectivity index is 2.31. The Labute approximate surface area is 123 Å². The van der Waals surface area contributed by atoms with Crippen molar-refractivity contribution in [2.45, 2.75) is 12.2 Å². The molecule has 1 aromatic rings. The number of nitrogens with zero attached hydrogens (tertiary/aromatic N) is 1. The summed E-state index contributed by atoms with van der Waals surface area (Å²) in [7, 11) is 0. The zero-order valence-corrected chi connectivity index (χ0v) is 12.3. The number of aliphatic hydroxyl groups is 1. The molecular weight excluding hydrogens is 337 g/mol. The Morgan fingerprint density at radius 3 is 2.45 bits per heavy atom. The van der Waals surface area contributed by atoms with Gasteiger partial charge in [0.25, 0.3) is 0 Å². The van der Waals surface area contributed by atoms with Gasteiger partial charge in [-0.2, -0.15) is 13.2 Å². The number of aliphatic hydroxyl groups excluding tert-OH is 1. The molecule has 0 saturated carbocycles. The first kappa shape index (κ1) is 15.8. The van der Waals surface area contributed by atoms with Gasteiger partial charge in [0.2, 0.25) is 0 Å². The molecule has 0 aliphatic carbocycles. The van der Waals surface area contributed by atoms with E-state index in [4.69, 9.17) is 0 Å². The molecule has 0 bridgehead atoms. The molecule has 2 N–H and O–H groups in total. The van der Waals surface area contributed by atoms with Crippen molar-refractivity contribution in [1.82, 2.24) is 10.2 Å². The maximum absolute atomic E-state index is 12.9. The summed E-state index contributed by atoms with van der Waals surface area (Å²) in [6, 6.07) is 3.40. The van der Waals surface area contributed by atoms with E-state index in [9.17, 15) is 18.3 Å². The van der Waals surface area contributed by atoms with E-state index in [1.165, 1.54) is 0 Å². The van der Waals surface area contributed by atoms with Crippen molar-refractivity contribution in [1.29, 1.82) is 0 Å². The van der Waals surface area contributed by atoms with Crippen molar-refractivity contribution in [2.75, 3.05) is 32.8 Å². The van der Waals surface area contributed by atoms with E-state index < -0.39 is 17.8 Å². The molecule has 1 aromatic carbocycles. The van der Waals surface area contributed by atoms with Gasteiger partial charge in [-0.25, -0.2) is 0 Å². The Kier molecular flexibility index (Phi) is 5.06. The fourth-order valence-electron chi connectivity index (χ4n) is 2.39. The quantitative estimate of drug-likeness (QED) is 0.876. The zero-order chi connectivity index (χ0) is 14.8. The summed E-state index contributed by atoms with van der Waals surface area (Å²) in [4.78, 5) is 2.00. The molecule has 1 fully saturated rings. The lowest BCUT2D eigenvalue weighted by Gasteiger charge is -2.34. The van der Waals surface area contributed by atoms with Crippen molar-refractivity contribution in [2.24, 2.45) is 0 Å². The molecule has 1 atom stereocenters. The summed E-state index contributed by atoms with van der Waals surface area (Å²) in [5.74, 6) is 0. The van der Waals surface area contributed by atoms with Crippen molar-refractivity contribution >= 4 is 15.9 Å². The number of halogens is 4. The summed E-state index contributed by atoms with van der Waals surface area (Å²) < 4.78 is 38.9. The summed E-state index contributed by atoms with van der Waals surface area (Å²) >= 11 is 3.11. The first-order valence-electron chi connectivity index (χ1n) is 6.35. The number of hydrogen-bond donors (Lipinski definition) is 2. The van der Waals surface area contributed by atoms with Gasteiger partial charge >= 0.3 is 6.18 Å². The molecule has 1 saturated heterocycles. The van der Waals surface area contributed by atoms with Crippen LogP contribution in [0.15, 0.2) is 22.7 Å². The number of nitrogens with one attached hydrogen (secondary N) is 1. The lowest BCUT2D eigenvalue weighted by atomic mass is 10.0. The second kappa shape index (κ2) is 6.43. The van der Waals surface area contributed by atoms with Gasteiger partial charge in [-0.1, -0.05) is 15.9 Å². The highest BCUT2D eigenvalue weighted by Gasteiger charge is 2.32. The molecule has 1 aliphatic heterocycles. The number of piperazine rings is 1. The maximum Gasteiger partial charge on any atom is 0.416 e. The normalized spacial score (nSPS) is 19.1. The third-order valence-corrected chi connectivity index (χ3v) is 3.86. The van der Waals surface area contributed by atoms with Crippen LogP contribution in [-0.2, 0) is 6.18 Å². The van der Waals surface area contributed by atoms with Gasteiger partial charge in [0.15, 0.2) is 0 Å². The molecule has 0 radical (unpaired) electrons. The standard InChI is InChI=1S/C13H16BrF3N2O/c14-11-6-9(5-10(7-11)13(15,16)17)12(8-20)19-3-1-18-2-4-19/h5-7,12,18,20H,1-4,8H2/t12-/m1/s1. The lowest BCUT2D eigenvalue weighted by molar-refractivity contribution is -0.137. The number of benzene rings is 1. The first-order chi connectivity index (χ1) is 9.41. The third-order valence-electron chi connectivity index (χ3n) is 3.40. The van der Waals surface area contributed by atoms with E-state index >= 15 is 0 Å². The average molecular weight is 353 g/mol. The van der Waals surface area contributed by atoms with Gasteiger partial charge in [0, 0.05) is 30.7 Å². The fraction of sp³-hybridized carbons (Fsp3) is 0.538. The smallest absolute Gasteiger partial charge is 0.394 e. The molecule has 0 aromatic heterocycles. The van der Waals surface area contributed by atoms with Crippen LogP contribution in [0.25, 0.3) is 0 Å². The summed E-state index contributed by atoms with van der Waals surface area (Å²) in [5.41, 5.74) is -0.216. The second-order valence-electron chi connectivity index (χ2n) is 4.76. The molecule has 1 heterocycles. The summed E-state index contributed by atoms with van der Waals surface area (Å²) in [6.45, 7) is 2.76. The predicted octanol–water partition coefficient (Wildman–Crippen LogP) is 2.41. The molecule has 0 spiro atoms. The Morgan fingerprint density at radius 1 is 1.25 bits per heavy atom. The van der Waals surface area contributed by atoms with Crippen molar-refractivity contribution in [3.05, 3.63) is 33.8 Å². The topological polar surface area (TPSA) is 35.5 Å². The lowest BCUT2D eigenvalue weighted by Crippen LogP contribution is -2.46. The minimum Gasteiger partial charge on any atom is -0.394 e. The fourth-order valence-corrected chi connectivity index (χ4v) is 2.90. The SMILES string of the molecule is OC[C@H](c1cc(Br)cc(C(F)(F)F)c1)N1CCNCC1. The van der Waals surface area contributed by atoms with Crippen LogP contribution in [-0.4, -0.2) is 42.8 Å². The molecule has 2 rings (SSSR count). The highest BCUT2D eigenvalue weighted by Crippen LogP contribution is 2.34. The average Bonchev–Trinajstić information content (AvgIpc) is 2.39. The van der Waals surface area contributed by atoms with Crippen LogP contribution >= 0.6 is 15.9 Å². The summed E-state index contributed by atoms with van der Waals surface area (Å²) in [5, 5.41) is 12.7. The molecule has 0 unspecified atom stereocenters.